The van der Waals surface area contributed by atoms with E-state index in [1.54, 1.807) is 14.2 Å². The van der Waals surface area contributed by atoms with Crippen LogP contribution in [-0.4, -0.2) is 50.7 Å². The molecule has 19 heavy (non-hydrogen) atoms. The molecule has 0 aliphatic rings. The number of carbonyl (C=O) groups is 2. The zero-order valence-electron chi connectivity index (χ0n) is 10.8. The summed E-state index contributed by atoms with van der Waals surface area (Å²) in [4.78, 5) is 27.4. The number of thiazole rings is 1. The molecule has 9 heteroatoms. The monoisotopic (exact) mass is 287 g/mol. The van der Waals surface area contributed by atoms with Gasteiger partial charge in [0.1, 0.15) is 10.7 Å². The van der Waals surface area contributed by atoms with Crippen LogP contribution in [0.5, 0.6) is 0 Å². The molecule has 0 unspecified atom stereocenters. The quantitative estimate of drug-likeness (QED) is 0.490. The molecule has 1 aromatic heterocycles. The van der Waals surface area contributed by atoms with Gasteiger partial charge in [0.05, 0.1) is 13.2 Å². The van der Waals surface area contributed by atoms with Crippen LogP contribution in [0.4, 0.5) is 10.9 Å². The van der Waals surface area contributed by atoms with Crippen LogP contribution >= 0.6 is 11.3 Å². The number of nitrogen functional groups attached to an aromatic ring is 1. The zero-order chi connectivity index (χ0) is 14.3. The highest BCUT2D eigenvalue weighted by Crippen LogP contribution is 2.23. The summed E-state index contributed by atoms with van der Waals surface area (Å²) in [6, 6.07) is 0. The predicted octanol–water partition coefficient (Wildman–Crippen LogP) is -0.741. The highest BCUT2D eigenvalue weighted by atomic mass is 32.1. The minimum absolute atomic E-state index is 0.116. The maximum absolute atomic E-state index is 11.8. The molecule has 0 spiro atoms. The van der Waals surface area contributed by atoms with Gasteiger partial charge in [0.25, 0.3) is 5.91 Å². The molecule has 0 aliphatic carbocycles. The van der Waals surface area contributed by atoms with Crippen molar-refractivity contribution >= 4 is 34.1 Å². The minimum Gasteiger partial charge on any atom is -0.383 e. The number of ether oxygens (including phenoxy) is 1. The van der Waals surface area contributed by atoms with E-state index in [2.05, 4.69) is 20.9 Å². The van der Waals surface area contributed by atoms with Crippen molar-refractivity contribution in [1.82, 2.24) is 15.6 Å². The van der Waals surface area contributed by atoms with Crippen LogP contribution < -0.4 is 21.7 Å². The molecule has 1 heterocycles. The number of carbonyl (C=O) groups excluding carboxylic acids is 2. The number of aromatic nitrogens is 1. The summed E-state index contributed by atoms with van der Waals surface area (Å²) >= 11 is 1.13. The highest BCUT2D eigenvalue weighted by molar-refractivity contribution is 7.18. The second-order valence-corrected chi connectivity index (χ2v) is 4.51. The van der Waals surface area contributed by atoms with Crippen LogP contribution in [0.1, 0.15) is 9.67 Å². The predicted molar refractivity (Wildman–Crippen MR) is 73.3 cm³/mol. The van der Waals surface area contributed by atoms with Gasteiger partial charge in [-0.25, -0.2) is 4.98 Å². The van der Waals surface area contributed by atoms with Crippen LogP contribution in [0.3, 0.4) is 0 Å². The molecule has 0 aromatic carbocycles. The Morgan fingerprint density at radius 2 is 2.16 bits per heavy atom. The van der Waals surface area contributed by atoms with Gasteiger partial charge in [-0.3, -0.25) is 9.59 Å². The number of rotatable bonds is 7. The first-order valence-corrected chi connectivity index (χ1v) is 6.38. The van der Waals surface area contributed by atoms with Gasteiger partial charge in [-0.2, -0.15) is 0 Å². The molecule has 1 rings (SSSR count). The molecule has 0 fully saturated rings. The number of hydrogen-bond donors (Lipinski definition) is 4. The third-order valence-corrected chi connectivity index (χ3v) is 3.20. The maximum Gasteiger partial charge on any atom is 0.265 e. The molecule has 106 valence electrons. The Bertz CT molecular complexity index is 448. The van der Waals surface area contributed by atoms with Gasteiger partial charge >= 0.3 is 0 Å². The Kier molecular flexibility index (Phi) is 6.03. The zero-order valence-corrected chi connectivity index (χ0v) is 11.6. The fourth-order valence-electron chi connectivity index (χ4n) is 1.20. The molecule has 0 radical (unpaired) electrons. The van der Waals surface area contributed by atoms with Crippen molar-refractivity contribution < 1.29 is 14.3 Å². The average molecular weight is 287 g/mol. The van der Waals surface area contributed by atoms with Crippen LogP contribution in [0.2, 0.25) is 0 Å². The van der Waals surface area contributed by atoms with E-state index >= 15 is 0 Å². The fourth-order valence-corrected chi connectivity index (χ4v) is 1.95. The van der Waals surface area contributed by atoms with Crippen molar-refractivity contribution in [2.75, 3.05) is 44.9 Å². The first kappa shape index (κ1) is 15.2. The molecular weight excluding hydrogens is 270 g/mol. The summed E-state index contributed by atoms with van der Waals surface area (Å²) in [6.07, 6.45) is 0. The maximum atomic E-state index is 11.8. The van der Waals surface area contributed by atoms with E-state index in [1.807, 2.05) is 0 Å². The van der Waals surface area contributed by atoms with Crippen molar-refractivity contribution in [3.8, 4) is 0 Å². The number of methoxy groups -OCH3 is 1. The molecule has 0 saturated carbocycles. The standard InChI is InChI=1S/C10H17N5O3S/c1-12-10-15-8(11)7(19-10)9(17)14-5-6(16)13-3-4-18-2/h3-5,11H2,1-2H3,(H,12,15)(H,13,16)(H,14,17). The minimum atomic E-state index is -0.418. The van der Waals surface area contributed by atoms with E-state index < -0.39 is 5.91 Å². The number of amides is 2. The Morgan fingerprint density at radius 3 is 2.74 bits per heavy atom. The summed E-state index contributed by atoms with van der Waals surface area (Å²) in [5, 5.41) is 8.41. The average Bonchev–Trinajstić information content (AvgIpc) is 2.77. The van der Waals surface area contributed by atoms with Crippen LogP contribution in [0, 0.1) is 0 Å². The number of nitrogens with two attached hydrogens (primary N) is 1. The summed E-state index contributed by atoms with van der Waals surface area (Å²) < 4.78 is 4.79. The summed E-state index contributed by atoms with van der Waals surface area (Å²) in [6.45, 7) is 0.708. The van der Waals surface area contributed by atoms with E-state index in [0.29, 0.717) is 18.3 Å². The first-order chi connectivity index (χ1) is 9.08. The van der Waals surface area contributed by atoms with Crippen LogP contribution in [0.25, 0.3) is 0 Å². The number of hydrogen-bond acceptors (Lipinski definition) is 7. The third-order valence-electron chi connectivity index (χ3n) is 2.11. The molecule has 5 N–H and O–H groups in total. The van der Waals surface area contributed by atoms with E-state index in [4.69, 9.17) is 10.5 Å². The van der Waals surface area contributed by atoms with Gasteiger partial charge in [-0.1, -0.05) is 11.3 Å². The lowest BCUT2D eigenvalue weighted by molar-refractivity contribution is -0.120. The van der Waals surface area contributed by atoms with Gasteiger partial charge in [0, 0.05) is 20.7 Å². The highest BCUT2D eigenvalue weighted by Gasteiger charge is 2.16. The molecule has 0 bridgehead atoms. The normalized spacial score (nSPS) is 10.0. The summed E-state index contributed by atoms with van der Waals surface area (Å²) in [7, 11) is 3.23. The molecule has 8 nitrogen and oxygen atoms in total. The topological polar surface area (TPSA) is 118 Å². The number of nitrogens with zero attached hydrogens (tertiary/aromatic N) is 1. The van der Waals surface area contributed by atoms with Crippen LogP contribution in [0.15, 0.2) is 0 Å². The molecule has 0 saturated heterocycles. The smallest absolute Gasteiger partial charge is 0.265 e. The third kappa shape index (κ3) is 4.72. The molecule has 1 aromatic rings. The Morgan fingerprint density at radius 1 is 1.42 bits per heavy atom. The van der Waals surface area contributed by atoms with Crippen LogP contribution in [-0.2, 0) is 9.53 Å². The fraction of sp³-hybridized carbons (Fsp3) is 0.500. The molecule has 0 atom stereocenters. The molecule has 0 aliphatic heterocycles. The van der Waals surface area contributed by atoms with E-state index in [9.17, 15) is 9.59 Å². The van der Waals surface area contributed by atoms with Crippen molar-refractivity contribution in [2.45, 2.75) is 0 Å². The lowest BCUT2D eigenvalue weighted by Crippen LogP contribution is -2.38. The Balaban J connectivity index is 2.42. The van der Waals surface area contributed by atoms with Gasteiger partial charge in [0.15, 0.2) is 5.13 Å². The number of anilines is 2. The van der Waals surface area contributed by atoms with Gasteiger partial charge < -0.3 is 26.4 Å². The van der Waals surface area contributed by atoms with Gasteiger partial charge in [-0.15, -0.1) is 0 Å². The molecule has 2 amide bonds. The first-order valence-electron chi connectivity index (χ1n) is 5.56. The number of nitrogens with one attached hydrogen (secondary N) is 3. The SMILES string of the molecule is CNc1nc(N)c(C(=O)NCC(=O)NCCOC)s1. The van der Waals surface area contributed by atoms with Crippen molar-refractivity contribution in [1.29, 1.82) is 0 Å². The molecular formula is C10H17N5O3S. The van der Waals surface area contributed by atoms with Gasteiger partial charge in [-0.05, 0) is 0 Å². The van der Waals surface area contributed by atoms with Gasteiger partial charge in [0.2, 0.25) is 5.91 Å². The Hall–Kier alpha value is -1.87. The van der Waals surface area contributed by atoms with E-state index in [0.717, 1.165) is 11.3 Å². The second kappa shape index (κ2) is 7.54. The van der Waals surface area contributed by atoms with E-state index in [1.165, 1.54) is 0 Å². The Labute approximate surface area is 114 Å². The van der Waals surface area contributed by atoms with Crippen molar-refractivity contribution in [3.63, 3.8) is 0 Å². The lowest BCUT2D eigenvalue weighted by atomic mass is 10.4. The summed E-state index contributed by atoms with van der Waals surface area (Å²) in [5.74, 6) is -0.563. The van der Waals surface area contributed by atoms with Crippen molar-refractivity contribution in [2.24, 2.45) is 0 Å². The van der Waals surface area contributed by atoms with Crippen molar-refractivity contribution in [3.05, 3.63) is 4.88 Å². The largest absolute Gasteiger partial charge is 0.383 e. The second-order valence-electron chi connectivity index (χ2n) is 3.51. The van der Waals surface area contributed by atoms with E-state index in [-0.39, 0.29) is 23.1 Å². The summed E-state index contributed by atoms with van der Waals surface area (Å²) in [5.41, 5.74) is 5.60. The lowest BCUT2D eigenvalue weighted by Gasteiger charge is -2.05.